The predicted molar refractivity (Wildman–Crippen MR) is 104 cm³/mol. The van der Waals surface area contributed by atoms with E-state index in [1.54, 1.807) is 29.2 Å². The van der Waals surface area contributed by atoms with E-state index in [4.69, 9.17) is 9.47 Å². The number of carbonyl (C=O) groups excluding carboxylic acids is 1. The minimum absolute atomic E-state index is 0.312. The van der Waals surface area contributed by atoms with E-state index in [-0.39, 0.29) is 5.91 Å². The van der Waals surface area contributed by atoms with Gasteiger partial charge in [0.05, 0.1) is 25.6 Å². The highest BCUT2D eigenvalue weighted by atomic mass is 79.9. The highest BCUT2D eigenvalue weighted by molar-refractivity contribution is 9.11. The van der Waals surface area contributed by atoms with E-state index >= 15 is 0 Å². The quantitative estimate of drug-likeness (QED) is 0.594. The van der Waals surface area contributed by atoms with Crippen molar-refractivity contribution in [3.8, 4) is 17.2 Å². The Hall–Kier alpha value is -2.39. The van der Waals surface area contributed by atoms with Gasteiger partial charge in [-0.05, 0) is 46.3 Å². The Labute approximate surface area is 166 Å². The molecule has 9 heteroatoms. The average Bonchev–Trinajstić information content (AvgIpc) is 3.16. The normalized spacial score (nSPS) is 10.5. The third-order valence-electron chi connectivity index (χ3n) is 3.58. The third-order valence-corrected chi connectivity index (χ3v) is 4.86. The van der Waals surface area contributed by atoms with Crippen LogP contribution in [0.4, 0.5) is 5.69 Å². The number of aromatic nitrogens is 3. The molecule has 26 heavy (non-hydrogen) atoms. The fraction of sp³-hybridized carbons (Fsp3) is 0.118. The standard InChI is InChI=1S/C17H14Br2N4O3/c1-25-14-5-10(6-15(26-2)16(14)19)17(24)22-12-7-11(18)3-4-13(12)23-9-20-8-21-23/h3-9H,1-2H3,(H,22,24). The second-order valence-electron chi connectivity index (χ2n) is 5.15. The molecule has 0 saturated heterocycles. The zero-order valence-corrected chi connectivity index (χ0v) is 17.0. The lowest BCUT2D eigenvalue weighted by atomic mass is 10.1. The minimum atomic E-state index is -0.312. The van der Waals surface area contributed by atoms with Gasteiger partial charge in [-0.3, -0.25) is 4.79 Å². The van der Waals surface area contributed by atoms with Gasteiger partial charge in [0, 0.05) is 10.0 Å². The molecule has 0 unspecified atom stereocenters. The van der Waals surface area contributed by atoms with Crippen LogP contribution < -0.4 is 14.8 Å². The summed E-state index contributed by atoms with van der Waals surface area (Å²) >= 11 is 6.81. The number of nitrogens with zero attached hydrogens (tertiary/aromatic N) is 3. The Morgan fingerprint density at radius 1 is 1.12 bits per heavy atom. The van der Waals surface area contributed by atoms with Crippen molar-refractivity contribution in [2.45, 2.75) is 0 Å². The van der Waals surface area contributed by atoms with Crippen LogP contribution in [-0.2, 0) is 0 Å². The van der Waals surface area contributed by atoms with Crippen molar-refractivity contribution in [2.75, 3.05) is 19.5 Å². The van der Waals surface area contributed by atoms with E-state index in [2.05, 4.69) is 47.3 Å². The molecule has 0 radical (unpaired) electrons. The van der Waals surface area contributed by atoms with E-state index in [9.17, 15) is 4.79 Å². The van der Waals surface area contributed by atoms with Gasteiger partial charge in [-0.15, -0.1) is 0 Å². The highest BCUT2D eigenvalue weighted by Crippen LogP contribution is 2.36. The molecule has 0 fully saturated rings. The van der Waals surface area contributed by atoms with Crippen LogP contribution in [0.15, 0.2) is 51.9 Å². The fourth-order valence-electron chi connectivity index (χ4n) is 2.34. The van der Waals surface area contributed by atoms with Gasteiger partial charge in [0.25, 0.3) is 5.91 Å². The van der Waals surface area contributed by atoms with Crippen LogP contribution in [-0.4, -0.2) is 34.9 Å². The van der Waals surface area contributed by atoms with Gasteiger partial charge in [0.15, 0.2) is 0 Å². The van der Waals surface area contributed by atoms with Gasteiger partial charge in [-0.2, -0.15) is 5.10 Å². The van der Waals surface area contributed by atoms with E-state index < -0.39 is 0 Å². The molecule has 1 heterocycles. The minimum Gasteiger partial charge on any atom is -0.495 e. The van der Waals surface area contributed by atoms with Crippen molar-refractivity contribution in [3.63, 3.8) is 0 Å². The van der Waals surface area contributed by atoms with Gasteiger partial charge in [0.1, 0.15) is 28.6 Å². The highest BCUT2D eigenvalue weighted by Gasteiger charge is 2.16. The van der Waals surface area contributed by atoms with Gasteiger partial charge < -0.3 is 14.8 Å². The molecular weight excluding hydrogens is 468 g/mol. The monoisotopic (exact) mass is 480 g/mol. The molecule has 1 N–H and O–H groups in total. The third kappa shape index (κ3) is 3.73. The lowest BCUT2D eigenvalue weighted by Gasteiger charge is -2.14. The molecule has 134 valence electrons. The maximum absolute atomic E-state index is 12.8. The van der Waals surface area contributed by atoms with Crippen molar-refractivity contribution in [2.24, 2.45) is 0 Å². The molecule has 0 aliphatic rings. The fourth-order valence-corrected chi connectivity index (χ4v) is 3.25. The summed E-state index contributed by atoms with van der Waals surface area (Å²) < 4.78 is 13.6. The summed E-state index contributed by atoms with van der Waals surface area (Å²) in [6, 6.07) is 8.75. The van der Waals surface area contributed by atoms with Crippen LogP contribution in [0, 0.1) is 0 Å². The number of methoxy groups -OCH3 is 2. The zero-order valence-electron chi connectivity index (χ0n) is 13.9. The smallest absolute Gasteiger partial charge is 0.255 e. The Morgan fingerprint density at radius 2 is 1.81 bits per heavy atom. The first kappa shape index (κ1) is 18.4. The molecule has 0 aliphatic carbocycles. The zero-order chi connectivity index (χ0) is 18.7. The maximum atomic E-state index is 12.8. The van der Waals surface area contributed by atoms with Gasteiger partial charge in [-0.25, -0.2) is 9.67 Å². The number of benzene rings is 2. The Bertz CT molecular complexity index is 920. The first-order valence-electron chi connectivity index (χ1n) is 7.41. The number of carbonyl (C=O) groups is 1. The molecule has 0 aliphatic heterocycles. The van der Waals surface area contributed by atoms with E-state index in [1.165, 1.54) is 20.5 Å². The lowest BCUT2D eigenvalue weighted by molar-refractivity contribution is 0.102. The van der Waals surface area contributed by atoms with Crippen molar-refractivity contribution in [1.82, 2.24) is 14.8 Å². The first-order chi connectivity index (χ1) is 12.5. The number of rotatable bonds is 5. The second-order valence-corrected chi connectivity index (χ2v) is 6.86. The number of ether oxygens (including phenoxy) is 2. The second kappa shape index (κ2) is 7.88. The predicted octanol–water partition coefficient (Wildman–Crippen LogP) is 4.06. The summed E-state index contributed by atoms with van der Waals surface area (Å²) in [5, 5.41) is 7.01. The van der Waals surface area contributed by atoms with Gasteiger partial charge in [-0.1, -0.05) is 15.9 Å². The molecule has 2 aromatic carbocycles. The van der Waals surface area contributed by atoms with Crippen LogP contribution in [0.5, 0.6) is 11.5 Å². The van der Waals surface area contributed by atoms with Crippen molar-refractivity contribution < 1.29 is 14.3 Å². The number of halogens is 2. The number of anilines is 1. The SMILES string of the molecule is COc1cc(C(=O)Nc2cc(Br)ccc2-n2cncn2)cc(OC)c1Br. The molecule has 1 aromatic heterocycles. The van der Waals surface area contributed by atoms with Crippen LogP contribution in [0.1, 0.15) is 10.4 Å². The molecule has 3 rings (SSSR count). The molecule has 7 nitrogen and oxygen atoms in total. The molecule has 0 spiro atoms. The van der Waals surface area contributed by atoms with Crippen LogP contribution in [0.25, 0.3) is 5.69 Å². The first-order valence-corrected chi connectivity index (χ1v) is 8.99. The lowest BCUT2D eigenvalue weighted by Crippen LogP contribution is -2.14. The largest absolute Gasteiger partial charge is 0.495 e. The summed E-state index contributed by atoms with van der Waals surface area (Å²) in [7, 11) is 3.05. The van der Waals surface area contributed by atoms with Crippen molar-refractivity contribution >= 4 is 43.5 Å². The summed E-state index contributed by atoms with van der Waals surface area (Å²) in [4.78, 5) is 16.7. The maximum Gasteiger partial charge on any atom is 0.255 e. The van der Waals surface area contributed by atoms with Gasteiger partial charge >= 0.3 is 0 Å². The van der Waals surface area contributed by atoms with E-state index in [0.717, 1.165) is 4.47 Å². The Morgan fingerprint density at radius 3 is 2.38 bits per heavy atom. The number of hydrogen-bond acceptors (Lipinski definition) is 5. The number of amides is 1. The van der Waals surface area contributed by atoms with Crippen LogP contribution >= 0.6 is 31.9 Å². The Kier molecular flexibility index (Phi) is 5.58. The van der Waals surface area contributed by atoms with E-state index in [1.807, 2.05) is 12.1 Å². The summed E-state index contributed by atoms with van der Waals surface area (Å²) in [5.74, 6) is 0.689. The molecule has 0 atom stereocenters. The average molecular weight is 482 g/mol. The summed E-state index contributed by atoms with van der Waals surface area (Å²) in [6.07, 6.45) is 2.99. The molecule has 3 aromatic rings. The molecular formula is C17H14Br2N4O3. The van der Waals surface area contributed by atoms with Crippen LogP contribution in [0.2, 0.25) is 0 Å². The molecule has 0 saturated carbocycles. The van der Waals surface area contributed by atoms with E-state index in [0.29, 0.717) is 32.9 Å². The topological polar surface area (TPSA) is 78.3 Å². The van der Waals surface area contributed by atoms with Gasteiger partial charge in [0.2, 0.25) is 0 Å². The Balaban J connectivity index is 1.98. The molecule has 0 bridgehead atoms. The van der Waals surface area contributed by atoms with Crippen molar-refractivity contribution in [1.29, 1.82) is 0 Å². The van der Waals surface area contributed by atoms with Crippen LogP contribution in [0.3, 0.4) is 0 Å². The molecule has 1 amide bonds. The number of nitrogens with one attached hydrogen (secondary N) is 1. The summed E-state index contributed by atoms with van der Waals surface area (Å²) in [5.41, 5.74) is 1.66. The summed E-state index contributed by atoms with van der Waals surface area (Å²) in [6.45, 7) is 0. The van der Waals surface area contributed by atoms with Crippen molar-refractivity contribution in [3.05, 3.63) is 57.5 Å². The number of hydrogen-bond donors (Lipinski definition) is 1.